The summed E-state index contributed by atoms with van der Waals surface area (Å²) < 4.78 is 8.33. The Hall–Kier alpha value is -1.33. The number of aromatic nitrogens is 2. The van der Waals surface area contributed by atoms with Crippen LogP contribution in [0.25, 0.3) is 11.0 Å². The monoisotopic (exact) mass is 305 g/mol. The summed E-state index contributed by atoms with van der Waals surface area (Å²) in [6, 6.07) is 6.06. The van der Waals surface area contributed by atoms with Crippen LogP contribution < -0.4 is 4.74 Å². The molecule has 21 heavy (non-hydrogen) atoms. The highest BCUT2D eigenvalue weighted by Crippen LogP contribution is 2.22. The van der Waals surface area contributed by atoms with Crippen molar-refractivity contribution in [2.24, 2.45) is 5.92 Å². The maximum absolute atomic E-state index is 5.49. The predicted molar refractivity (Wildman–Crippen MR) is 88.5 cm³/mol. The number of benzene rings is 1. The lowest BCUT2D eigenvalue weighted by Crippen LogP contribution is -2.27. The van der Waals surface area contributed by atoms with Gasteiger partial charge in [-0.05, 0) is 56.2 Å². The molecule has 1 N–H and O–H groups in total. The van der Waals surface area contributed by atoms with Crippen LogP contribution in [-0.4, -0.2) is 41.2 Å². The second-order valence-electron chi connectivity index (χ2n) is 6.04. The van der Waals surface area contributed by atoms with E-state index in [1.807, 2.05) is 12.1 Å². The number of ether oxygens (including phenoxy) is 1. The number of hydrogen-bond donors (Lipinski definition) is 1. The third-order valence-corrected chi connectivity index (χ3v) is 4.57. The summed E-state index contributed by atoms with van der Waals surface area (Å²) in [5.41, 5.74) is 2.21. The highest BCUT2D eigenvalue weighted by molar-refractivity contribution is 7.71. The minimum Gasteiger partial charge on any atom is -0.497 e. The number of aromatic amines is 1. The molecule has 1 unspecified atom stereocenters. The number of likely N-dealkylation sites (tertiary alicyclic amines) is 1. The third kappa shape index (κ3) is 3.14. The topological polar surface area (TPSA) is 33.2 Å². The number of nitrogens with zero attached hydrogens (tertiary/aromatic N) is 2. The Bertz CT molecular complexity index is 670. The molecule has 0 radical (unpaired) electrons. The molecule has 1 aromatic heterocycles. The summed E-state index contributed by atoms with van der Waals surface area (Å²) >= 11 is 5.49. The second-order valence-corrected chi connectivity index (χ2v) is 6.42. The molecule has 1 saturated heterocycles. The largest absolute Gasteiger partial charge is 0.497 e. The zero-order valence-corrected chi connectivity index (χ0v) is 13.6. The Kier molecular flexibility index (Phi) is 4.31. The molecule has 0 amide bonds. The first-order valence-electron chi connectivity index (χ1n) is 7.66. The smallest absolute Gasteiger partial charge is 0.178 e. The van der Waals surface area contributed by atoms with E-state index in [4.69, 9.17) is 17.0 Å². The average molecular weight is 305 g/mol. The fourth-order valence-corrected chi connectivity index (χ4v) is 3.50. The van der Waals surface area contributed by atoms with Gasteiger partial charge in [-0.3, -0.25) is 0 Å². The van der Waals surface area contributed by atoms with Crippen molar-refractivity contribution < 1.29 is 4.74 Å². The van der Waals surface area contributed by atoms with Gasteiger partial charge in [0.2, 0.25) is 0 Å². The van der Waals surface area contributed by atoms with E-state index in [9.17, 15) is 0 Å². The Labute approximate surface area is 130 Å². The fourth-order valence-electron chi connectivity index (χ4n) is 3.22. The molecule has 0 spiro atoms. The molecular formula is C16H23N3OS. The lowest BCUT2D eigenvalue weighted by molar-refractivity contribution is 0.272. The quantitative estimate of drug-likeness (QED) is 0.859. The number of imidazole rings is 1. The first-order valence-corrected chi connectivity index (χ1v) is 8.07. The molecule has 114 valence electrons. The van der Waals surface area contributed by atoms with Crippen molar-refractivity contribution in [3.8, 4) is 5.75 Å². The van der Waals surface area contributed by atoms with Crippen LogP contribution in [0.3, 0.4) is 0 Å². The molecule has 1 atom stereocenters. The molecule has 3 rings (SSSR count). The van der Waals surface area contributed by atoms with Gasteiger partial charge in [-0.1, -0.05) is 6.92 Å². The molecule has 1 aliphatic rings. The summed E-state index contributed by atoms with van der Waals surface area (Å²) in [5.74, 6) is 1.46. The SMILES string of the molecule is COc1ccc2[nH]c(=S)n(CC(C)CN3CCCC3)c2c1. The molecule has 1 fully saturated rings. The van der Waals surface area contributed by atoms with E-state index in [0.29, 0.717) is 5.92 Å². The summed E-state index contributed by atoms with van der Waals surface area (Å²) in [6.45, 7) is 6.90. The van der Waals surface area contributed by atoms with E-state index in [2.05, 4.69) is 27.4 Å². The molecule has 0 bridgehead atoms. The van der Waals surface area contributed by atoms with Gasteiger partial charge in [0.15, 0.2) is 4.77 Å². The van der Waals surface area contributed by atoms with E-state index in [0.717, 1.165) is 34.6 Å². The zero-order valence-electron chi connectivity index (χ0n) is 12.8. The van der Waals surface area contributed by atoms with Crippen molar-refractivity contribution >= 4 is 23.3 Å². The van der Waals surface area contributed by atoms with Gasteiger partial charge in [0, 0.05) is 19.2 Å². The van der Waals surface area contributed by atoms with Crippen molar-refractivity contribution in [2.75, 3.05) is 26.7 Å². The third-order valence-electron chi connectivity index (χ3n) is 4.25. The van der Waals surface area contributed by atoms with Crippen molar-refractivity contribution in [2.45, 2.75) is 26.3 Å². The van der Waals surface area contributed by atoms with Crippen LogP contribution in [0.4, 0.5) is 0 Å². The van der Waals surface area contributed by atoms with Crippen LogP contribution in [-0.2, 0) is 6.54 Å². The summed E-state index contributed by atoms with van der Waals surface area (Å²) in [6.07, 6.45) is 2.69. The van der Waals surface area contributed by atoms with Gasteiger partial charge in [-0.15, -0.1) is 0 Å². The predicted octanol–water partition coefficient (Wildman–Crippen LogP) is 3.44. The molecule has 4 nitrogen and oxygen atoms in total. The van der Waals surface area contributed by atoms with Crippen molar-refractivity contribution in [1.82, 2.24) is 14.5 Å². The molecule has 2 heterocycles. The van der Waals surface area contributed by atoms with E-state index in [1.54, 1.807) is 7.11 Å². The van der Waals surface area contributed by atoms with Gasteiger partial charge < -0.3 is 19.2 Å². The van der Waals surface area contributed by atoms with E-state index in [-0.39, 0.29) is 0 Å². The summed E-state index contributed by atoms with van der Waals surface area (Å²) in [5, 5.41) is 0. The zero-order chi connectivity index (χ0) is 14.8. The highest BCUT2D eigenvalue weighted by atomic mass is 32.1. The first-order chi connectivity index (χ1) is 10.2. The molecule has 1 aromatic carbocycles. The minimum atomic E-state index is 0.583. The van der Waals surface area contributed by atoms with Gasteiger partial charge >= 0.3 is 0 Å². The number of rotatable bonds is 5. The molecular weight excluding hydrogens is 282 g/mol. The van der Waals surface area contributed by atoms with Crippen LogP contribution in [0.2, 0.25) is 0 Å². The van der Waals surface area contributed by atoms with E-state index < -0.39 is 0 Å². The van der Waals surface area contributed by atoms with Crippen LogP contribution >= 0.6 is 12.2 Å². The van der Waals surface area contributed by atoms with Gasteiger partial charge in [0.05, 0.1) is 18.1 Å². The Balaban J connectivity index is 1.81. The fraction of sp³-hybridized carbons (Fsp3) is 0.562. The van der Waals surface area contributed by atoms with Crippen LogP contribution in [0.15, 0.2) is 18.2 Å². The lowest BCUT2D eigenvalue weighted by atomic mass is 10.1. The van der Waals surface area contributed by atoms with Gasteiger partial charge in [0.1, 0.15) is 5.75 Å². The standard InChI is InChI=1S/C16H23N3OS/c1-12(10-18-7-3-4-8-18)11-19-15-9-13(20-2)5-6-14(15)17-16(19)21/h5-6,9,12H,3-4,7-8,10-11H2,1-2H3,(H,17,21). The van der Waals surface area contributed by atoms with Gasteiger partial charge in [-0.2, -0.15) is 0 Å². The Morgan fingerprint density at radius 3 is 2.76 bits per heavy atom. The Morgan fingerprint density at radius 1 is 1.29 bits per heavy atom. The Morgan fingerprint density at radius 2 is 2.05 bits per heavy atom. The van der Waals surface area contributed by atoms with Crippen molar-refractivity contribution in [3.63, 3.8) is 0 Å². The average Bonchev–Trinajstić information content (AvgIpc) is 3.07. The normalized spacial score (nSPS) is 17.4. The van der Waals surface area contributed by atoms with E-state index >= 15 is 0 Å². The number of methoxy groups -OCH3 is 1. The van der Waals surface area contributed by atoms with E-state index in [1.165, 1.54) is 25.9 Å². The summed E-state index contributed by atoms with van der Waals surface area (Å²) in [7, 11) is 1.70. The number of fused-ring (bicyclic) bond motifs is 1. The molecule has 5 heteroatoms. The number of nitrogens with one attached hydrogen (secondary N) is 1. The molecule has 2 aromatic rings. The first kappa shape index (κ1) is 14.6. The van der Waals surface area contributed by atoms with Crippen molar-refractivity contribution in [1.29, 1.82) is 0 Å². The molecule has 0 aliphatic carbocycles. The van der Waals surface area contributed by atoms with Gasteiger partial charge in [0.25, 0.3) is 0 Å². The maximum Gasteiger partial charge on any atom is 0.178 e. The van der Waals surface area contributed by atoms with Crippen LogP contribution in [0, 0.1) is 10.7 Å². The lowest BCUT2D eigenvalue weighted by Gasteiger charge is -2.20. The van der Waals surface area contributed by atoms with Gasteiger partial charge in [-0.25, -0.2) is 0 Å². The highest BCUT2D eigenvalue weighted by Gasteiger charge is 2.16. The second kappa shape index (κ2) is 6.20. The van der Waals surface area contributed by atoms with Crippen molar-refractivity contribution in [3.05, 3.63) is 23.0 Å². The molecule has 0 saturated carbocycles. The number of hydrogen-bond acceptors (Lipinski definition) is 3. The summed E-state index contributed by atoms with van der Waals surface area (Å²) in [4.78, 5) is 5.85. The van der Waals surface area contributed by atoms with Crippen LogP contribution in [0.5, 0.6) is 5.75 Å². The van der Waals surface area contributed by atoms with Crippen LogP contribution in [0.1, 0.15) is 19.8 Å². The maximum atomic E-state index is 5.49. The molecule has 1 aliphatic heterocycles. The number of H-pyrrole nitrogens is 1. The minimum absolute atomic E-state index is 0.583.